The predicted molar refractivity (Wildman–Crippen MR) is 348 cm³/mol. The number of quaternary nitrogens is 1. The molecule has 0 aliphatic carbocycles. The molecule has 0 heterocycles. The number of carbonyl (C=O) groups excluding carboxylic acids is 1. The SMILES string of the molecule is CC/C=C\C/C=C\C/C=C\C/C=C\C/C=C\C/C=C\CCCCCCCCCCC(=O)NC(COP(=O)([O-])OCC[N+](C)(C)C)C(O)/C=C/CC/C=C/CCCCCCCCCCCCCCCCCCCCCCCCCCC. The normalized spacial score (nSPS) is 14.3. The number of unbranched alkanes of at least 4 members (excludes halogenated alkanes) is 34. The Hall–Kier alpha value is -2.58. The summed E-state index contributed by atoms with van der Waals surface area (Å²) in [5.74, 6) is -0.217. The van der Waals surface area contributed by atoms with Gasteiger partial charge >= 0.3 is 0 Å². The van der Waals surface area contributed by atoms with Crippen molar-refractivity contribution in [3.05, 3.63) is 97.2 Å². The van der Waals surface area contributed by atoms with Gasteiger partial charge in [0.05, 0.1) is 39.9 Å². The van der Waals surface area contributed by atoms with Crippen LogP contribution in [0.3, 0.4) is 0 Å². The predicted octanol–water partition coefficient (Wildman–Crippen LogP) is 20.7. The number of likely N-dealkylation sites (N-methyl/N-ethyl adjacent to an activating group) is 1. The first-order valence-electron chi connectivity index (χ1n) is 33.6. The molecule has 0 aromatic rings. The minimum absolute atomic E-state index is 0.0126. The van der Waals surface area contributed by atoms with Gasteiger partial charge in [-0.05, 0) is 83.5 Å². The molecule has 0 aromatic heterocycles. The largest absolute Gasteiger partial charge is 0.756 e. The van der Waals surface area contributed by atoms with Gasteiger partial charge in [0, 0.05) is 6.42 Å². The van der Waals surface area contributed by atoms with E-state index in [0.29, 0.717) is 17.4 Å². The topological polar surface area (TPSA) is 108 Å². The van der Waals surface area contributed by atoms with Crippen molar-refractivity contribution in [2.75, 3.05) is 40.9 Å². The van der Waals surface area contributed by atoms with Crippen molar-refractivity contribution in [2.24, 2.45) is 0 Å². The molecular formula is C71H129N2O6P. The summed E-state index contributed by atoms with van der Waals surface area (Å²) in [6, 6.07) is -0.917. The van der Waals surface area contributed by atoms with E-state index in [-0.39, 0.29) is 12.5 Å². The van der Waals surface area contributed by atoms with E-state index >= 15 is 0 Å². The minimum Gasteiger partial charge on any atom is -0.756 e. The molecule has 0 aromatic carbocycles. The molecule has 3 atom stereocenters. The molecule has 80 heavy (non-hydrogen) atoms. The number of hydrogen-bond donors (Lipinski definition) is 2. The lowest BCUT2D eigenvalue weighted by atomic mass is 10.0. The van der Waals surface area contributed by atoms with Crippen molar-refractivity contribution in [1.29, 1.82) is 0 Å². The van der Waals surface area contributed by atoms with Crippen LogP contribution in [0.5, 0.6) is 0 Å². The Balaban J connectivity index is 4.18. The number of nitrogens with one attached hydrogen (secondary N) is 1. The molecule has 0 aliphatic rings. The fraction of sp³-hybridized carbons (Fsp3) is 0.761. The average molecular weight is 1140 g/mol. The van der Waals surface area contributed by atoms with Crippen LogP contribution in [-0.4, -0.2) is 68.5 Å². The summed E-state index contributed by atoms with van der Waals surface area (Å²) in [5, 5.41) is 13.9. The molecule has 0 rings (SSSR count). The highest BCUT2D eigenvalue weighted by molar-refractivity contribution is 7.45. The van der Waals surface area contributed by atoms with Crippen molar-refractivity contribution >= 4 is 13.7 Å². The van der Waals surface area contributed by atoms with Crippen molar-refractivity contribution < 1.29 is 32.9 Å². The third-order valence-corrected chi connectivity index (χ3v) is 15.7. The molecule has 0 saturated carbocycles. The summed E-state index contributed by atoms with van der Waals surface area (Å²) in [5.41, 5.74) is 0. The number of carbonyl (C=O) groups is 1. The lowest BCUT2D eigenvalue weighted by Gasteiger charge is -2.29. The highest BCUT2D eigenvalue weighted by Crippen LogP contribution is 2.38. The maximum Gasteiger partial charge on any atom is 0.268 e. The molecule has 464 valence electrons. The second-order valence-corrected chi connectivity index (χ2v) is 25.2. The van der Waals surface area contributed by atoms with Crippen LogP contribution in [0.15, 0.2) is 97.2 Å². The van der Waals surface area contributed by atoms with Gasteiger partial charge in [-0.15, -0.1) is 0 Å². The molecule has 0 radical (unpaired) electrons. The zero-order valence-corrected chi connectivity index (χ0v) is 53.9. The van der Waals surface area contributed by atoms with Gasteiger partial charge in [-0.2, -0.15) is 0 Å². The van der Waals surface area contributed by atoms with E-state index in [2.05, 4.69) is 104 Å². The Bertz CT molecular complexity index is 1620. The van der Waals surface area contributed by atoms with Crippen LogP contribution >= 0.6 is 7.82 Å². The summed E-state index contributed by atoms with van der Waals surface area (Å²) >= 11 is 0. The quantitative estimate of drug-likeness (QED) is 0.0272. The fourth-order valence-corrected chi connectivity index (χ4v) is 10.3. The van der Waals surface area contributed by atoms with Crippen LogP contribution in [0.25, 0.3) is 0 Å². The lowest BCUT2D eigenvalue weighted by molar-refractivity contribution is -0.870. The summed E-state index contributed by atoms with van der Waals surface area (Å²) in [6.07, 6.45) is 88.1. The first kappa shape index (κ1) is 77.4. The van der Waals surface area contributed by atoms with E-state index in [4.69, 9.17) is 9.05 Å². The zero-order valence-electron chi connectivity index (χ0n) is 53.0. The molecule has 8 nitrogen and oxygen atoms in total. The van der Waals surface area contributed by atoms with Crippen LogP contribution in [0.2, 0.25) is 0 Å². The van der Waals surface area contributed by atoms with Crippen molar-refractivity contribution in [1.82, 2.24) is 5.32 Å². The number of phosphoric acid groups is 1. The summed E-state index contributed by atoms with van der Waals surface area (Å²) < 4.78 is 23.4. The van der Waals surface area contributed by atoms with Crippen LogP contribution in [0.4, 0.5) is 0 Å². The summed E-state index contributed by atoms with van der Waals surface area (Å²) in [7, 11) is 1.23. The Morgan fingerprint density at radius 2 is 0.775 bits per heavy atom. The van der Waals surface area contributed by atoms with Crippen LogP contribution in [0.1, 0.15) is 296 Å². The third kappa shape index (κ3) is 63.0. The number of rotatable bonds is 61. The fourth-order valence-electron chi connectivity index (χ4n) is 9.59. The lowest BCUT2D eigenvalue weighted by Crippen LogP contribution is -2.45. The molecule has 0 aliphatic heterocycles. The van der Waals surface area contributed by atoms with Gasteiger partial charge < -0.3 is 28.8 Å². The molecule has 0 fully saturated rings. The first-order valence-corrected chi connectivity index (χ1v) is 35.1. The number of aliphatic hydroxyl groups is 1. The number of aliphatic hydroxyl groups excluding tert-OH is 1. The van der Waals surface area contributed by atoms with Gasteiger partial charge in [0.15, 0.2) is 0 Å². The molecule has 9 heteroatoms. The Labute approximate surface area is 496 Å². The van der Waals surface area contributed by atoms with Crippen molar-refractivity contribution in [3.63, 3.8) is 0 Å². The van der Waals surface area contributed by atoms with Gasteiger partial charge in [0.1, 0.15) is 13.2 Å². The number of nitrogens with zero attached hydrogens (tertiary/aromatic N) is 1. The van der Waals surface area contributed by atoms with E-state index in [1.54, 1.807) is 6.08 Å². The third-order valence-electron chi connectivity index (χ3n) is 14.8. The van der Waals surface area contributed by atoms with Gasteiger partial charge in [-0.1, -0.05) is 304 Å². The molecule has 2 N–H and O–H groups in total. The van der Waals surface area contributed by atoms with E-state index in [1.807, 2.05) is 27.2 Å². The van der Waals surface area contributed by atoms with Crippen LogP contribution in [-0.2, 0) is 18.4 Å². The second kappa shape index (κ2) is 61.0. The van der Waals surface area contributed by atoms with Crippen molar-refractivity contribution in [3.8, 4) is 0 Å². The van der Waals surface area contributed by atoms with Crippen LogP contribution < -0.4 is 10.2 Å². The smallest absolute Gasteiger partial charge is 0.268 e. The molecule has 1 amide bonds. The molecule has 0 bridgehead atoms. The molecule has 0 spiro atoms. The van der Waals surface area contributed by atoms with E-state index in [0.717, 1.165) is 89.9 Å². The van der Waals surface area contributed by atoms with Gasteiger partial charge in [0.25, 0.3) is 7.82 Å². The number of hydrogen-bond acceptors (Lipinski definition) is 6. The van der Waals surface area contributed by atoms with Gasteiger partial charge in [-0.25, -0.2) is 0 Å². The van der Waals surface area contributed by atoms with Crippen molar-refractivity contribution in [2.45, 2.75) is 309 Å². The first-order chi connectivity index (χ1) is 39.0. The second-order valence-electron chi connectivity index (χ2n) is 23.8. The number of phosphoric ester groups is 1. The van der Waals surface area contributed by atoms with Gasteiger partial charge in [-0.3, -0.25) is 9.36 Å². The monoisotopic (exact) mass is 1140 g/mol. The zero-order chi connectivity index (χ0) is 58.4. The minimum atomic E-state index is -4.62. The molecule has 3 unspecified atom stereocenters. The van der Waals surface area contributed by atoms with E-state index < -0.39 is 26.6 Å². The summed E-state index contributed by atoms with van der Waals surface area (Å²) in [4.78, 5) is 25.6. The maximum absolute atomic E-state index is 13.0. The number of amides is 1. The highest BCUT2D eigenvalue weighted by Gasteiger charge is 2.23. The maximum atomic E-state index is 13.0. The number of allylic oxidation sites excluding steroid dienone is 15. The van der Waals surface area contributed by atoms with E-state index in [1.165, 1.54) is 186 Å². The van der Waals surface area contributed by atoms with Gasteiger partial charge in [0.2, 0.25) is 5.91 Å². The van der Waals surface area contributed by atoms with E-state index in [9.17, 15) is 19.4 Å². The average Bonchev–Trinajstić information content (AvgIpc) is 3.42. The molecule has 0 saturated heterocycles. The molecular weight excluding hydrogens is 1010 g/mol. The van der Waals surface area contributed by atoms with Crippen LogP contribution in [0, 0.1) is 0 Å². The standard InChI is InChI=1S/C71H129N2O6P/c1-6-8-10-12-14-16-18-20-22-24-26-28-30-32-34-35-36-37-39-40-42-44-46-48-50-52-54-56-58-60-62-64-70(74)69(68-79-80(76,77)78-67-66-73(3,4)5)72-71(75)65-63-61-59-57-55-53-51-49-47-45-43-41-38-33-31-29-27-25-23-21-19-17-15-13-11-9-7-2/h9,11,15,17,21,23,27,29,33,38,43,45,54,56,62,64,69-70,74H,6-8,10,12-14,16,18-20,22,24-26,28,30-32,34-37,39-42,44,46-53,55,57-61,63,65-68H2,1-5H3,(H-,72,75,76,77)/b11-9-,17-15-,23-21-,29-27-,38-33-,45-43-,56-54+,64-62+. The summed E-state index contributed by atoms with van der Waals surface area (Å²) in [6.45, 7) is 4.53. The Kier molecular flexibility index (Phi) is 59.0. The Morgan fingerprint density at radius 1 is 0.450 bits per heavy atom. The Morgan fingerprint density at radius 3 is 1.16 bits per heavy atom. The highest BCUT2D eigenvalue weighted by atomic mass is 31.2.